The van der Waals surface area contributed by atoms with Gasteiger partial charge in [0, 0.05) is 10.7 Å². The van der Waals surface area contributed by atoms with Crippen LogP contribution >= 0.6 is 11.6 Å². The number of nitrogens with one attached hydrogen (secondary N) is 2. The maximum absolute atomic E-state index is 12.0. The number of amides is 2. The molecule has 0 saturated carbocycles. The lowest BCUT2D eigenvalue weighted by atomic mass is 10.1. The molecule has 4 N–H and O–H groups in total. The van der Waals surface area contributed by atoms with Crippen LogP contribution in [0.4, 0.5) is 10.5 Å². The lowest BCUT2D eigenvalue weighted by molar-refractivity contribution is 0.249. The highest BCUT2D eigenvalue weighted by atomic mass is 35.5. The molecular weight excluding hydrogens is 338 g/mol. The van der Waals surface area contributed by atoms with Gasteiger partial charge in [0.25, 0.3) is 0 Å². The Bertz CT molecular complexity index is 790. The predicted molar refractivity (Wildman–Crippen MR) is 89.8 cm³/mol. The normalized spacial score (nSPS) is 12.5. The van der Waals surface area contributed by atoms with Crippen LogP contribution < -0.4 is 15.8 Å². The predicted octanol–water partition coefficient (Wildman–Crippen LogP) is 2.87. The molecule has 1 atom stereocenters. The van der Waals surface area contributed by atoms with Gasteiger partial charge in [0.05, 0.1) is 10.9 Å². The van der Waals surface area contributed by atoms with Crippen LogP contribution in [-0.4, -0.2) is 14.4 Å². The first-order valence-electron chi connectivity index (χ1n) is 6.71. The standard InChI is InChI=1S/C15H16ClN3O3S/c1-10(11-2-4-12(16)5-3-11)18-15(20)19-13-6-8-14(9-7-13)23(17,21)22/h2-10H,1H3,(H2,17,21,22)(H2,18,19,20). The summed E-state index contributed by atoms with van der Waals surface area (Å²) in [6.07, 6.45) is 0. The van der Waals surface area contributed by atoms with Gasteiger partial charge in [-0.15, -0.1) is 0 Å². The molecule has 2 amide bonds. The van der Waals surface area contributed by atoms with Gasteiger partial charge in [-0.25, -0.2) is 18.4 Å². The van der Waals surface area contributed by atoms with Gasteiger partial charge in [-0.3, -0.25) is 0 Å². The molecule has 0 aliphatic heterocycles. The summed E-state index contributed by atoms with van der Waals surface area (Å²) in [4.78, 5) is 11.9. The van der Waals surface area contributed by atoms with Gasteiger partial charge in [0.15, 0.2) is 0 Å². The van der Waals surface area contributed by atoms with E-state index in [9.17, 15) is 13.2 Å². The summed E-state index contributed by atoms with van der Waals surface area (Å²) in [7, 11) is -3.75. The zero-order valence-electron chi connectivity index (χ0n) is 12.3. The molecule has 2 rings (SSSR count). The van der Waals surface area contributed by atoms with E-state index < -0.39 is 16.1 Å². The summed E-state index contributed by atoms with van der Waals surface area (Å²) in [5.41, 5.74) is 1.37. The van der Waals surface area contributed by atoms with Gasteiger partial charge in [-0.1, -0.05) is 23.7 Å². The second kappa shape index (κ2) is 6.99. The monoisotopic (exact) mass is 353 g/mol. The molecule has 0 aliphatic carbocycles. The minimum atomic E-state index is -3.75. The zero-order valence-corrected chi connectivity index (χ0v) is 13.9. The molecule has 0 spiro atoms. The molecule has 2 aromatic rings. The van der Waals surface area contributed by atoms with Crippen molar-refractivity contribution in [1.29, 1.82) is 0 Å². The van der Waals surface area contributed by atoms with E-state index in [0.29, 0.717) is 10.7 Å². The first-order valence-corrected chi connectivity index (χ1v) is 8.64. The number of carbonyl (C=O) groups is 1. The van der Waals surface area contributed by atoms with E-state index in [1.807, 2.05) is 19.1 Å². The molecule has 0 aliphatic rings. The average molecular weight is 354 g/mol. The number of primary sulfonamides is 1. The summed E-state index contributed by atoms with van der Waals surface area (Å²) in [5.74, 6) is 0. The molecule has 0 fully saturated rings. The summed E-state index contributed by atoms with van der Waals surface area (Å²) in [6.45, 7) is 1.84. The molecule has 1 unspecified atom stereocenters. The Morgan fingerprint density at radius 1 is 1.09 bits per heavy atom. The van der Waals surface area contributed by atoms with Gasteiger partial charge < -0.3 is 10.6 Å². The molecule has 0 heterocycles. The number of rotatable bonds is 4. The van der Waals surface area contributed by atoms with Gasteiger partial charge in [0.2, 0.25) is 10.0 Å². The number of hydrogen-bond donors (Lipinski definition) is 3. The Labute approximate surface area is 139 Å². The van der Waals surface area contributed by atoms with Crippen LogP contribution in [0, 0.1) is 0 Å². The van der Waals surface area contributed by atoms with E-state index in [-0.39, 0.29) is 10.9 Å². The number of carbonyl (C=O) groups excluding carboxylic acids is 1. The van der Waals surface area contributed by atoms with Crippen LogP contribution in [-0.2, 0) is 10.0 Å². The molecular formula is C15H16ClN3O3S. The van der Waals surface area contributed by atoms with E-state index >= 15 is 0 Å². The number of urea groups is 1. The molecule has 8 heteroatoms. The lowest BCUT2D eigenvalue weighted by Crippen LogP contribution is -2.31. The van der Waals surface area contributed by atoms with Gasteiger partial charge in [0.1, 0.15) is 0 Å². The Balaban J connectivity index is 1.98. The summed E-state index contributed by atoms with van der Waals surface area (Å²) in [6, 6.07) is 12.1. The van der Waals surface area contributed by atoms with Crippen LogP contribution in [0.2, 0.25) is 5.02 Å². The van der Waals surface area contributed by atoms with Crippen LogP contribution in [0.3, 0.4) is 0 Å². The molecule has 0 bridgehead atoms. The Kier molecular flexibility index (Phi) is 5.25. The first-order chi connectivity index (χ1) is 10.8. The maximum atomic E-state index is 12.0. The molecule has 0 aromatic heterocycles. The summed E-state index contributed by atoms with van der Waals surface area (Å²) in [5, 5.41) is 11.0. The smallest absolute Gasteiger partial charge is 0.319 e. The number of sulfonamides is 1. The summed E-state index contributed by atoms with van der Waals surface area (Å²) >= 11 is 5.82. The largest absolute Gasteiger partial charge is 0.331 e. The second-order valence-corrected chi connectivity index (χ2v) is 6.94. The van der Waals surface area contributed by atoms with Crippen molar-refractivity contribution in [2.75, 3.05) is 5.32 Å². The highest BCUT2D eigenvalue weighted by Gasteiger charge is 2.11. The van der Waals surface area contributed by atoms with E-state index in [0.717, 1.165) is 5.56 Å². The topological polar surface area (TPSA) is 101 Å². The van der Waals surface area contributed by atoms with Crippen molar-refractivity contribution in [2.24, 2.45) is 5.14 Å². The van der Waals surface area contributed by atoms with E-state index in [4.69, 9.17) is 16.7 Å². The fraction of sp³-hybridized carbons (Fsp3) is 0.133. The Hall–Kier alpha value is -2.09. The van der Waals surface area contributed by atoms with Crippen molar-refractivity contribution < 1.29 is 13.2 Å². The number of hydrogen-bond acceptors (Lipinski definition) is 3. The molecule has 122 valence electrons. The minimum Gasteiger partial charge on any atom is -0.331 e. The van der Waals surface area contributed by atoms with Crippen LogP contribution in [0.5, 0.6) is 0 Å². The van der Waals surface area contributed by atoms with Gasteiger partial charge >= 0.3 is 6.03 Å². The van der Waals surface area contributed by atoms with Crippen LogP contribution in [0.1, 0.15) is 18.5 Å². The third-order valence-electron chi connectivity index (χ3n) is 3.16. The molecule has 2 aromatic carbocycles. The maximum Gasteiger partial charge on any atom is 0.319 e. The zero-order chi connectivity index (χ0) is 17.0. The molecule has 6 nitrogen and oxygen atoms in total. The van der Waals surface area contributed by atoms with Gasteiger partial charge in [-0.2, -0.15) is 0 Å². The van der Waals surface area contributed by atoms with E-state index in [2.05, 4.69) is 10.6 Å². The van der Waals surface area contributed by atoms with Gasteiger partial charge in [-0.05, 0) is 48.9 Å². The number of benzene rings is 2. The lowest BCUT2D eigenvalue weighted by Gasteiger charge is -2.15. The fourth-order valence-electron chi connectivity index (χ4n) is 1.93. The number of anilines is 1. The first kappa shape index (κ1) is 17.3. The minimum absolute atomic E-state index is 0.0157. The van der Waals surface area contributed by atoms with Crippen molar-refractivity contribution in [2.45, 2.75) is 17.9 Å². The Morgan fingerprint density at radius 2 is 1.65 bits per heavy atom. The van der Waals surface area contributed by atoms with Crippen molar-refractivity contribution >= 4 is 33.3 Å². The second-order valence-electron chi connectivity index (χ2n) is 4.94. The van der Waals surface area contributed by atoms with Crippen molar-refractivity contribution in [1.82, 2.24) is 5.32 Å². The van der Waals surface area contributed by atoms with Crippen molar-refractivity contribution in [3.63, 3.8) is 0 Å². The highest BCUT2D eigenvalue weighted by Crippen LogP contribution is 2.17. The molecule has 0 saturated heterocycles. The number of nitrogens with two attached hydrogens (primary N) is 1. The number of halogens is 1. The van der Waals surface area contributed by atoms with Crippen molar-refractivity contribution in [3.8, 4) is 0 Å². The molecule has 0 radical (unpaired) electrons. The average Bonchev–Trinajstić information content (AvgIpc) is 2.47. The highest BCUT2D eigenvalue weighted by molar-refractivity contribution is 7.89. The molecule has 23 heavy (non-hydrogen) atoms. The SMILES string of the molecule is CC(NC(=O)Nc1ccc(S(N)(=O)=O)cc1)c1ccc(Cl)cc1. The van der Waals surface area contributed by atoms with Crippen LogP contribution in [0.15, 0.2) is 53.4 Å². The van der Waals surface area contributed by atoms with E-state index in [1.54, 1.807) is 12.1 Å². The van der Waals surface area contributed by atoms with E-state index in [1.165, 1.54) is 24.3 Å². The summed E-state index contributed by atoms with van der Waals surface area (Å²) < 4.78 is 22.3. The third kappa shape index (κ3) is 4.95. The Morgan fingerprint density at radius 3 is 2.17 bits per heavy atom. The quantitative estimate of drug-likeness (QED) is 0.787. The van der Waals surface area contributed by atoms with Crippen LogP contribution in [0.25, 0.3) is 0 Å². The fourth-order valence-corrected chi connectivity index (χ4v) is 2.57. The van der Waals surface area contributed by atoms with Crippen molar-refractivity contribution in [3.05, 3.63) is 59.1 Å². The third-order valence-corrected chi connectivity index (χ3v) is 4.34.